The van der Waals surface area contributed by atoms with Gasteiger partial charge in [-0.25, -0.2) is 9.78 Å². The van der Waals surface area contributed by atoms with Gasteiger partial charge >= 0.3 is 5.97 Å². The molecule has 0 radical (unpaired) electrons. The van der Waals surface area contributed by atoms with Crippen molar-refractivity contribution in [2.24, 2.45) is 5.73 Å². The molecule has 92 valence electrons. The summed E-state index contributed by atoms with van der Waals surface area (Å²) in [6.45, 7) is 0.660. The average molecular weight is 253 g/mol. The molecular formula is C11H15N3O2S. The smallest absolute Gasteiger partial charge is 0.338 e. The van der Waals surface area contributed by atoms with E-state index >= 15 is 0 Å². The Hall–Kier alpha value is -1.69. The first kappa shape index (κ1) is 13.4. The lowest BCUT2D eigenvalue weighted by atomic mass is 10.2. The van der Waals surface area contributed by atoms with E-state index in [9.17, 15) is 4.79 Å². The van der Waals surface area contributed by atoms with Crippen LogP contribution in [0.5, 0.6) is 0 Å². The molecule has 0 saturated carbocycles. The zero-order chi connectivity index (χ0) is 12.8. The first-order chi connectivity index (χ1) is 8.04. The number of methoxy groups -OCH3 is 1. The van der Waals surface area contributed by atoms with Crippen LogP contribution in [0.25, 0.3) is 0 Å². The first-order valence-electron chi connectivity index (χ1n) is 5.08. The SMILES string of the molecule is COC(=O)c1ccnc(N(C)CCC(N)=S)c1. The molecule has 1 aromatic heterocycles. The Morgan fingerprint density at radius 1 is 1.65 bits per heavy atom. The van der Waals surface area contributed by atoms with Gasteiger partial charge in [0.05, 0.1) is 17.7 Å². The second-order valence-corrected chi connectivity index (χ2v) is 4.06. The summed E-state index contributed by atoms with van der Waals surface area (Å²) in [5, 5.41) is 0. The molecule has 0 amide bonds. The number of rotatable bonds is 5. The maximum atomic E-state index is 11.3. The fourth-order valence-electron chi connectivity index (χ4n) is 1.26. The van der Waals surface area contributed by atoms with Crippen LogP contribution in [0.3, 0.4) is 0 Å². The fourth-order valence-corrected chi connectivity index (χ4v) is 1.36. The van der Waals surface area contributed by atoms with Gasteiger partial charge in [-0.3, -0.25) is 0 Å². The molecule has 17 heavy (non-hydrogen) atoms. The molecule has 1 aromatic rings. The zero-order valence-electron chi connectivity index (χ0n) is 9.84. The Balaban J connectivity index is 2.76. The quantitative estimate of drug-likeness (QED) is 0.623. The van der Waals surface area contributed by atoms with Crippen LogP contribution in [-0.2, 0) is 4.74 Å². The third-order valence-electron chi connectivity index (χ3n) is 2.25. The van der Waals surface area contributed by atoms with E-state index in [1.54, 1.807) is 18.3 Å². The van der Waals surface area contributed by atoms with Gasteiger partial charge in [-0.05, 0) is 12.1 Å². The van der Waals surface area contributed by atoms with Gasteiger partial charge in [0.2, 0.25) is 0 Å². The summed E-state index contributed by atoms with van der Waals surface area (Å²) in [5.41, 5.74) is 5.90. The van der Waals surface area contributed by atoms with Crippen molar-refractivity contribution in [2.45, 2.75) is 6.42 Å². The second-order valence-electron chi connectivity index (χ2n) is 3.53. The van der Waals surface area contributed by atoms with Crippen molar-refractivity contribution in [1.82, 2.24) is 4.98 Å². The molecule has 5 nitrogen and oxygen atoms in total. The van der Waals surface area contributed by atoms with Crippen molar-refractivity contribution < 1.29 is 9.53 Å². The number of carbonyl (C=O) groups is 1. The van der Waals surface area contributed by atoms with E-state index in [1.165, 1.54) is 7.11 Å². The molecule has 6 heteroatoms. The van der Waals surface area contributed by atoms with Crippen molar-refractivity contribution in [2.75, 3.05) is 25.6 Å². The molecule has 0 bridgehead atoms. The summed E-state index contributed by atoms with van der Waals surface area (Å²) < 4.78 is 4.64. The summed E-state index contributed by atoms with van der Waals surface area (Å²) in [4.78, 5) is 17.9. The maximum absolute atomic E-state index is 11.3. The van der Waals surface area contributed by atoms with E-state index in [1.807, 2.05) is 11.9 Å². The van der Waals surface area contributed by atoms with E-state index in [4.69, 9.17) is 18.0 Å². The Bertz CT molecular complexity index is 423. The number of carbonyl (C=O) groups excluding carboxylic acids is 1. The molecule has 2 N–H and O–H groups in total. The molecule has 0 saturated heterocycles. The fraction of sp³-hybridized carbons (Fsp3) is 0.364. The number of hydrogen-bond donors (Lipinski definition) is 1. The van der Waals surface area contributed by atoms with Crippen molar-refractivity contribution in [3.8, 4) is 0 Å². The number of thiocarbonyl (C=S) groups is 1. The van der Waals surface area contributed by atoms with Gasteiger partial charge in [-0.2, -0.15) is 0 Å². The lowest BCUT2D eigenvalue weighted by Crippen LogP contribution is -2.24. The van der Waals surface area contributed by atoms with Crippen molar-refractivity contribution >= 4 is 29.0 Å². The van der Waals surface area contributed by atoms with Crippen LogP contribution in [0.4, 0.5) is 5.82 Å². The Kier molecular flexibility index (Phi) is 4.84. The molecule has 0 atom stereocenters. The number of ether oxygens (including phenoxy) is 1. The normalized spacial score (nSPS) is 9.76. The van der Waals surface area contributed by atoms with E-state index in [0.717, 1.165) is 0 Å². The minimum atomic E-state index is -0.378. The van der Waals surface area contributed by atoms with Crippen LogP contribution in [0, 0.1) is 0 Å². The molecular weight excluding hydrogens is 238 g/mol. The van der Waals surface area contributed by atoms with Crippen molar-refractivity contribution in [3.05, 3.63) is 23.9 Å². The number of aromatic nitrogens is 1. The molecule has 1 rings (SSSR count). The summed E-state index contributed by atoms with van der Waals surface area (Å²) in [5.74, 6) is 0.306. The predicted molar refractivity (Wildman–Crippen MR) is 70.2 cm³/mol. The Labute approximate surface area is 106 Å². The molecule has 0 aliphatic rings. The van der Waals surface area contributed by atoms with Crippen LogP contribution < -0.4 is 10.6 Å². The van der Waals surface area contributed by atoms with Crippen LogP contribution >= 0.6 is 12.2 Å². The van der Waals surface area contributed by atoms with Gasteiger partial charge in [0.25, 0.3) is 0 Å². The Morgan fingerprint density at radius 2 is 2.35 bits per heavy atom. The topological polar surface area (TPSA) is 68.5 Å². The van der Waals surface area contributed by atoms with Crippen molar-refractivity contribution in [1.29, 1.82) is 0 Å². The van der Waals surface area contributed by atoms with Gasteiger partial charge < -0.3 is 15.4 Å². The lowest BCUT2D eigenvalue weighted by Gasteiger charge is -2.17. The van der Waals surface area contributed by atoms with Gasteiger partial charge in [-0.15, -0.1) is 0 Å². The zero-order valence-corrected chi connectivity index (χ0v) is 10.7. The highest BCUT2D eigenvalue weighted by atomic mass is 32.1. The van der Waals surface area contributed by atoms with Gasteiger partial charge in [0.15, 0.2) is 0 Å². The standard InChI is InChI=1S/C11H15N3O2S/c1-14(6-4-9(12)17)10-7-8(3-5-13-10)11(15)16-2/h3,5,7H,4,6H2,1-2H3,(H2,12,17). The summed E-state index contributed by atoms with van der Waals surface area (Å²) in [7, 11) is 3.21. The van der Waals surface area contributed by atoms with E-state index in [0.29, 0.717) is 29.3 Å². The number of pyridine rings is 1. The van der Waals surface area contributed by atoms with Crippen molar-refractivity contribution in [3.63, 3.8) is 0 Å². The number of hydrogen-bond acceptors (Lipinski definition) is 5. The largest absolute Gasteiger partial charge is 0.465 e. The minimum Gasteiger partial charge on any atom is -0.465 e. The maximum Gasteiger partial charge on any atom is 0.338 e. The summed E-state index contributed by atoms with van der Waals surface area (Å²) in [6, 6.07) is 3.28. The molecule has 0 aromatic carbocycles. The number of nitrogens with zero attached hydrogens (tertiary/aromatic N) is 2. The molecule has 0 aliphatic heterocycles. The molecule has 1 heterocycles. The third kappa shape index (κ3) is 3.99. The molecule has 0 aliphatic carbocycles. The van der Waals surface area contributed by atoms with Crippen LogP contribution in [0.15, 0.2) is 18.3 Å². The predicted octanol–water partition coefficient (Wildman–Crippen LogP) is 0.981. The second kappa shape index (κ2) is 6.15. The highest BCUT2D eigenvalue weighted by Crippen LogP contribution is 2.12. The number of anilines is 1. The Morgan fingerprint density at radius 3 is 2.94 bits per heavy atom. The van der Waals surface area contributed by atoms with Crippen LogP contribution in [0.1, 0.15) is 16.8 Å². The summed E-state index contributed by atoms with van der Waals surface area (Å²) in [6.07, 6.45) is 2.18. The average Bonchev–Trinajstić information content (AvgIpc) is 2.35. The third-order valence-corrected chi connectivity index (χ3v) is 2.46. The number of nitrogens with two attached hydrogens (primary N) is 1. The van der Waals surface area contributed by atoms with Crippen LogP contribution in [0.2, 0.25) is 0 Å². The monoisotopic (exact) mass is 253 g/mol. The highest BCUT2D eigenvalue weighted by Gasteiger charge is 2.09. The first-order valence-corrected chi connectivity index (χ1v) is 5.49. The number of esters is 1. The minimum absolute atomic E-state index is 0.378. The highest BCUT2D eigenvalue weighted by molar-refractivity contribution is 7.80. The molecule has 0 fully saturated rings. The van der Waals surface area contributed by atoms with E-state index < -0.39 is 0 Å². The lowest BCUT2D eigenvalue weighted by molar-refractivity contribution is 0.0600. The van der Waals surface area contributed by atoms with Crippen LogP contribution in [-0.4, -0.2) is 36.6 Å². The molecule has 0 unspecified atom stereocenters. The van der Waals surface area contributed by atoms with E-state index in [-0.39, 0.29) is 5.97 Å². The van der Waals surface area contributed by atoms with Gasteiger partial charge in [-0.1, -0.05) is 12.2 Å². The molecule has 0 spiro atoms. The van der Waals surface area contributed by atoms with Gasteiger partial charge in [0, 0.05) is 26.2 Å². The van der Waals surface area contributed by atoms with Gasteiger partial charge in [0.1, 0.15) is 5.82 Å². The summed E-state index contributed by atoms with van der Waals surface area (Å²) >= 11 is 4.81. The van der Waals surface area contributed by atoms with E-state index in [2.05, 4.69) is 9.72 Å².